The van der Waals surface area contributed by atoms with Crippen LogP contribution in [0, 0.1) is 0 Å². The third kappa shape index (κ3) is 11.5. The van der Waals surface area contributed by atoms with Crippen LogP contribution in [-0.2, 0) is 19.4 Å². The summed E-state index contributed by atoms with van der Waals surface area (Å²) in [5.41, 5.74) is -0.700. The Kier molecular flexibility index (Phi) is 6.28. The van der Waals surface area contributed by atoms with Crippen molar-refractivity contribution < 1.29 is 27.9 Å². The van der Waals surface area contributed by atoms with Gasteiger partial charge in [-0.1, -0.05) is 0 Å². The molecule has 0 saturated carbocycles. The van der Waals surface area contributed by atoms with Gasteiger partial charge < -0.3 is 15.2 Å². The zero-order valence-corrected chi connectivity index (χ0v) is 12.4. The van der Waals surface area contributed by atoms with Crippen molar-refractivity contribution in [1.29, 1.82) is 0 Å². The van der Waals surface area contributed by atoms with Crippen LogP contribution in [-0.4, -0.2) is 49.2 Å². The second kappa shape index (κ2) is 6.74. The number of alkyl carbamates (subject to hydrolysis) is 1. The maximum atomic E-state index is 11.5. The van der Waals surface area contributed by atoms with Crippen molar-refractivity contribution in [2.45, 2.75) is 45.3 Å². The van der Waals surface area contributed by atoms with Crippen molar-refractivity contribution in [3.63, 3.8) is 0 Å². The van der Waals surface area contributed by atoms with Gasteiger partial charge in [0, 0.05) is 12.3 Å². The summed E-state index contributed by atoms with van der Waals surface area (Å²) in [5, 5.41) is 11.1. The van der Waals surface area contributed by atoms with Crippen molar-refractivity contribution >= 4 is 21.9 Å². The first-order valence-electron chi connectivity index (χ1n) is 5.78. The zero-order chi connectivity index (χ0) is 15.3. The summed E-state index contributed by atoms with van der Waals surface area (Å²) in [6.45, 7) is 5.03. The number of carboxylic acid groups (broad SMARTS) is 1. The zero-order valence-electron chi connectivity index (χ0n) is 11.6. The summed E-state index contributed by atoms with van der Waals surface area (Å²) in [6.07, 6.45) is -0.0236. The average Bonchev–Trinajstić information content (AvgIpc) is 2.08. The number of carboxylic acids is 1. The number of hydrogen-bond donors (Lipinski definition) is 2. The molecule has 8 heteroatoms. The summed E-state index contributed by atoms with van der Waals surface area (Å²) in [7, 11) is -3.21. The number of nitrogens with one attached hydrogen (secondary N) is 1. The Morgan fingerprint density at radius 1 is 1.32 bits per heavy atom. The molecule has 19 heavy (non-hydrogen) atoms. The highest BCUT2D eigenvalue weighted by molar-refractivity contribution is 7.90. The third-order valence-corrected chi connectivity index (χ3v) is 2.96. The van der Waals surface area contributed by atoms with Crippen LogP contribution >= 0.6 is 0 Å². The maximum absolute atomic E-state index is 11.5. The van der Waals surface area contributed by atoms with E-state index in [4.69, 9.17) is 9.84 Å². The molecule has 112 valence electrons. The fourth-order valence-electron chi connectivity index (χ4n) is 1.27. The highest BCUT2D eigenvalue weighted by Gasteiger charge is 2.22. The summed E-state index contributed by atoms with van der Waals surface area (Å²) < 4.78 is 27.1. The molecule has 7 nitrogen and oxygen atoms in total. The van der Waals surface area contributed by atoms with Crippen molar-refractivity contribution in [1.82, 2.24) is 5.32 Å². The molecule has 0 saturated heterocycles. The van der Waals surface area contributed by atoms with E-state index in [1.807, 2.05) is 0 Å². The van der Waals surface area contributed by atoms with Gasteiger partial charge in [0.1, 0.15) is 15.4 Å². The molecule has 0 radical (unpaired) electrons. The fourth-order valence-corrected chi connectivity index (χ4v) is 1.98. The number of rotatable bonds is 6. The molecule has 0 fully saturated rings. The lowest BCUT2D eigenvalue weighted by Gasteiger charge is -2.22. The molecule has 2 N–H and O–H groups in total. The van der Waals surface area contributed by atoms with E-state index in [2.05, 4.69) is 5.32 Å². The number of carbonyl (C=O) groups excluding carboxylic acids is 1. The molecular formula is C11H21NO6S. The van der Waals surface area contributed by atoms with Crippen LogP contribution in [0.4, 0.5) is 4.79 Å². The van der Waals surface area contributed by atoms with Crippen LogP contribution in [0.1, 0.15) is 33.6 Å². The van der Waals surface area contributed by atoms with Crippen molar-refractivity contribution in [2.24, 2.45) is 0 Å². The Labute approximate surface area is 113 Å². The lowest BCUT2D eigenvalue weighted by Crippen LogP contribution is -2.41. The molecule has 0 spiro atoms. The predicted octanol–water partition coefficient (Wildman–Crippen LogP) is 0.789. The van der Waals surface area contributed by atoms with Gasteiger partial charge in [-0.15, -0.1) is 0 Å². The molecule has 0 rings (SSSR count). The third-order valence-electron chi connectivity index (χ3n) is 1.98. The van der Waals surface area contributed by atoms with E-state index in [-0.39, 0.29) is 18.6 Å². The topological polar surface area (TPSA) is 110 Å². The molecule has 0 aliphatic carbocycles. The van der Waals surface area contributed by atoms with Gasteiger partial charge in [-0.3, -0.25) is 4.79 Å². The first-order chi connectivity index (χ1) is 8.39. The molecule has 0 aliphatic heterocycles. The van der Waals surface area contributed by atoms with Gasteiger partial charge in [-0.25, -0.2) is 13.2 Å². The molecule has 0 aromatic carbocycles. The Morgan fingerprint density at radius 2 is 1.84 bits per heavy atom. The average molecular weight is 295 g/mol. The van der Waals surface area contributed by atoms with Gasteiger partial charge in [0.2, 0.25) is 0 Å². The largest absolute Gasteiger partial charge is 0.481 e. The molecule has 0 bridgehead atoms. The number of hydrogen-bond acceptors (Lipinski definition) is 5. The lowest BCUT2D eigenvalue weighted by molar-refractivity contribution is -0.137. The van der Waals surface area contributed by atoms with Gasteiger partial charge in [0.25, 0.3) is 0 Å². The minimum Gasteiger partial charge on any atom is -0.481 e. The van der Waals surface area contributed by atoms with E-state index in [9.17, 15) is 18.0 Å². The summed E-state index contributed by atoms with van der Waals surface area (Å²) in [4.78, 5) is 22.2. The second-order valence-corrected chi connectivity index (χ2v) is 7.62. The van der Waals surface area contributed by atoms with Gasteiger partial charge in [-0.05, 0) is 27.2 Å². The first kappa shape index (κ1) is 17.7. The summed E-state index contributed by atoms with van der Waals surface area (Å²) in [5.74, 6) is -1.31. The lowest BCUT2D eigenvalue weighted by atomic mass is 10.1. The quantitative estimate of drug-likeness (QED) is 0.749. The number of amides is 1. The fraction of sp³-hybridized carbons (Fsp3) is 0.818. The van der Waals surface area contributed by atoms with Crippen LogP contribution in [0.15, 0.2) is 0 Å². The van der Waals surface area contributed by atoms with Gasteiger partial charge in [0.15, 0.2) is 0 Å². The van der Waals surface area contributed by atoms with Crippen LogP contribution in [0.2, 0.25) is 0 Å². The SMILES string of the molecule is CC(C)(C)OC(=O)N[C@H](CCS(C)(=O)=O)CC(=O)O. The molecule has 0 aromatic rings. The Bertz CT molecular complexity index is 423. The molecular weight excluding hydrogens is 274 g/mol. The number of aliphatic carboxylic acids is 1. The predicted molar refractivity (Wildman–Crippen MR) is 69.7 cm³/mol. The Balaban J connectivity index is 4.51. The van der Waals surface area contributed by atoms with E-state index in [0.717, 1.165) is 6.26 Å². The Morgan fingerprint density at radius 3 is 2.21 bits per heavy atom. The summed E-state index contributed by atoms with van der Waals surface area (Å²) >= 11 is 0. The van der Waals surface area contributed by atoms with Crippen LogP contribution in [0.25, 0.3) is 0 Å². The minimum absolute atomic E-state index is 0.0321. The van der Waals surface area contributed by atoms with E-state index in [1.165, 1.54) is 0 Å². The smallest absolute Gasteiger partial charge is 0.407 e. The molecule has 1 atom stereocenters. The molecule has 1 amide bonds. The van der Waals surface area contributed by atoms with Crippen LogP contribution < -0.4 is 5.32 Å². The highest BCUT2D eigenvalue weighted by Crippen LogP contribution is 2.08. The van der Waals surface area contributed by atoms with Crippen molar-refractivity contribution in [3.05, 3.63) is 0 Å². The van der Waals surface area contributed by atoms with E-state index in [1.54, 1.807) is 20.8 Å². The molecule has 0 aromatic heterocycles. The number of ether oxygens (including phenoxy) is 1. The van der Waals surface area contributed by atoms with Crippen LogP contribution in [0.5, 0.6) is 0 Å². The molecule has 0 aliphatic rings. The number of sulfone groups is 1. The normalized spacial score (nSPS) is 13.7. The standard InChI is InChI=1S/C11H21NO6S/c1-11(2,3)18-10(15)12-8(7-9(13)14)5-6-19(4,16)17/h8H,5-7H2,1-4H3,(H,12,15)(H,13,14)/t8-/m1/s1. The van der Waals surface area contributed by atoms with E-state index in [0.29, 0.717) is 0 Å². The van der Waals surface area contributed by atoms with Crippen LogP contribution in [0.3, 0.4) is 0 Å². The molecule has 0 heterocycles. The summed E-state index contributed by atoms with van der Waals surface area (Å²) in [6, 6.07) is -0.776. The molecule has 0 unspecified atom stereocenters. The van der Waals surface area contributed by atoms with E-state index < -0.39 is 33.5 Å². The van der Waals surface area contributed by atoms with Crippen molar-refractivity contribution in [2.75, 3.05) is 12.0 Å². The Hall–Kier alpha value is -1.31. The second-order valence-electron chi connectivity index (χ2n) is 5.36. The van der Waals surface area contributed by atoms with Gasteiger partial charge >= 0.3 is 12.1 Å². The minimum atomic E-state index is -3.21. The van der Waals surface area contributed by atoms with E-state index >= 15 is 0 Å². The van der Waals surface area contributed by atoms with Gasteiger partial charge in [-0.2, -0.15) is 0 Å². The monoisotopic (exact) mass is 295 g/mol. The highest BCUT2D eigenvalue weighted by atomic mass is 32.2. The number of carbonyl (C=O) groups is 2. The van der Waals surface area contributed by atoms with Gasteiger partial charge in [0.05, 0.1) is 12.2 Å². The first-order valence-corrected chi connectivity index (χ1v) is 7.84. The maximum Gasteiger partial charge on any atom is 0.407 e. The van der Waals surface area contributed by atoms with Crippen molar-refractivity contribution in [3.8, 4) is 0 Å².